The largest absolute Gasteiger partial charge is 0.354 e. The number of aromatic nitrogens is 3. The van der Waals surface area contributed by atoms with E-state index in [-0.39, 0.29) is 67.7 Å². The number of likely N-dealkylation sites (N-methyl/N-ethyl adjacent to an activating group) is 1. The highest BCUT2D eigenvalue weighted by atomic mass is 35.5. The van der Waals surface area contributed by atoms with Crippen molar-refractivity contribution in [2.75, 3.05) is 39.8 Å². The van der Waals surface area contributed by atoms with Gasteiger partial charge in [-0.2, -0.15) is 5.10 Å². The average molecular weight is 713 g/mol. The van der Waals surface area contributed by atoms with Crippen LogP contribution in [0.15, 0.2) is 41.3 Å². The summed E-state index contributed by atoms with van der Waals surface area (Å²) in [6, 6.07) is 7.92. The number of hydrogen-bond donors (Lipinski definition) is 1. The Balaban J connectivity index is 1.48. The molecule has 5 rings (SSSR count). The van der Waals surface area contributed by atoms with Gasteiger partial charge in [0.1, 0.15) is 12.1 Å². The minimum absolute atomic E-state index is 0.0589. The quantitative estimate of drug-likeness (QED) is 0.418. The Labute approximate surface area is 295 Å². The molecule has 2 aliphatic rings. The first-order valence-electron chi connectivity index (χ1n) is 16.6. The molecular weight excluding hydrogens is 669 g/mol. The molecule has 2 bridgehead atoms. The van der Waals surface area contributed by atoms with Gasteiger partial charge in [0.05, 0.1) is 13.1 Å². The van der Waals surface area contributed by atoms with Gasteiger partial charge in [0.25, 0.3) is 17.4 Å². The molecule has 1 aromatic carbocycles. The summed E-state index contributed by atoms with van der Waals surface area (Å²) in [5.74, 6) is -1.20. The van der Waals surface area contributed by atoms with Crippen molar-refractivity contribution >= 4 is 46.8 Å². The van der Waals surface area contributed by atoms with E-state index >= 15 is 0 Å². The highest BCUT2D eigenvalue weighted by Gasteiger charge is 2.35. The van der Waals surface area contributed by atoms with Crippen molar-refractivity contribution in [1.29, 1.82) is 0 Å². The molecule has 1 aliphatic carbocycles. The molecule has 12 nitrogen and oxygen atoms in total. The van der Waals surface area contributed by atoms with Crippen molar-refractivity contribution in [2.45, 2.75) is 58.5 Å². The monoisotopic (exact) mass is 711 g/mol. The number of nitrogens with one attached hydrogen (secondary N) is 1. The van der Waals surface area contributed by atoms with E-state index < -0.39 is 11.5 Å². The van der Waals surface area contributed by atoms with E-state index in [1.165, 1.54) is 20.4 Å². The second-order valence-electron chi connectivity index (χ2n) is 13.2. The molecular formula is C35H43Cl2N7O5. The molecule has 3 aromatic rings. The van der Waals surface area contributed by atoms with Crippen LogP contribution in [0.4, 0.5) is 0 Å². The average Bonchev–Trinajstić information content (AvgIpc) is 3.39. The minimum Gasteiger partial charge on any atom is -0.354 e. The fourth-order valence-corrected chi connectivity index (χ4v) is 7.01. The number of aryl methyl sites for hydroxylation is 1. The summed E-state index contributed by atoms with van der Waals surface area (Å²) < 4.78 is 3.09. The highest BCUT2D eigenvalue weighted by Crippen LogP contribution is 2.29. The van der Waals surface area contributed by atoms with Gasteiger partial charge in [-0.1, -0.05) is 43.1 Å². The van der Waals surface area contributed by atoms with Gasteiger partial charge in [-0.25, -0.2) is 0 Å². The fraction of sp³-hybridized carbons (Fsp3) is 0.486. The third kappa shape index (κ3) is 8.18. The number of halogens is 2. The lowest BCUT2D eigenvalue weighted by atomic mass is 9.89. The van der Waals surface area contributed by atoms with E-state index in [4.69, 9.17) is 23.2 Å². The molecule has 0 radical (unpaired) electrons. The number of benzene rings is 1. The predicted molar refractivity (Wildman–Crippen MR) is 187 cm³/mol. The van der Waals surface area contributed by atoms with Crippen LogP contribution in [0.1, 0.15) is 70.8 Å². The molecule has 1 atom stereocenters. The minimum atomic E-state index is -0.583. The van der Waals surface area contributed by atoms with Crippen LogP contribution in [0.25, 0.3) is 0 Å². The predicted octanol–water partition coefficient (Wildman–Crippen LogP) is 3.40. The summed E-state index contributed by atoms with van der Waals surface area (Å²) in [6.07, 6.45) is 4.36. The van der Waals surface area contributed by atoms with Crippen LogP contribution < -0.4 is 10.9 Å². The van der Waals surface area contributed by atoms with E-state index in [1.807, 2.05) is 4.90 Å². The summed E-state index contributed by atoms with van der Waals surface area (Å²) in [6.45, 7) is 4.63. The zero-order chi connectivity index (χ0) is 35.4. The number of carbonyl (C=O) groups excluding carboxylic acids is 4. The van der Waals surface area contributed by atoms with Gasteiger partial charge < -0.3 is 24.6 Å². The van der Waals surface area contributed by atoms with Crippen molar-refractivity contribution in [2.24, 2.45) is 13.0 Å². The van der Waals surface area contributed by atoms with Crippen LogP contribution in [0.5, 0.6) is 0 Å². The molecule has 49 heavy (non-hydrogen) atoms. The van der Waals surface area contributed by atoms with Gasteiger partial charge >= 0.3 is 0 Å². The van der Waals surface area contributed by atoms with E-state index in [9.17, 15) is 24.0 Å². The summed E-state index contributed by atoms with van der Waals surface area (Å²) in [7, 11) is 3.37. The van der Waals surface area contributed by atoms with Gasteiger partial charge in [-0.05, 0) is 62.3 Å². The molecule has 1 N–H and O–H groups in total. The van der Waals surface area contributed by atoms with Crippen LogP contribution >= 0.6 is 23.2 Å². The molecule has 0 spiro atoms. The van der Waals surface area contributed by atoms with Gasteiger partial charge in [-0.15, -0.1) is 0 Å². The summed E-state index contributed by atoms with van der Waals surface area (Å²) in [5.41, 5.74) is 1.93. The zero-order valence-electron chi connectivity index (χ0n) is 28.4. The van der Waals surface area contributed by atoms with Crippen molar-refractivity contribution in [3.63, 3.8) is 0 Å². The van der Waals surface area contributed by atoms with Crippen molar-refractivity contribution in [3.8, 4) is 0 Å². The maximum absolute atomic E-state index is 14.3. The Morgan fingerprint density at radius 1 is 1.04 bits per heavy atom. The number of pyridine rings is 1. The number of carbonyl (C=O) groups is 4. The van der Waals surface area contributed by atoms with Crippen LogP contribution in [0.3, 0.4) is 0 Å². The second-order valence-corrected chi connectivity index (χ2v) is 14.0. The molecule has 4 amide bonds. The van der Waals surface area contributed by atoms with Crippen LogP contribution in [-0.2, 0) is 36.0 Å². The Morgan fingerprint density at radius 2 is 1.78 bits per heavy atom. The maximum atomic E-state index is 14.3. The van der Waals surface area contributed by atoms with E-state index in [0.717, 1.165) is 17.7 Å². The van der Waals surface area contributed by atoms with Crippen molar-refractivity contribution in [1.82, 2.24) is 34.4 Å². The first kappa shape index (κ1) is 36.1. The normalized spacial score (nSPS) is 17.9. The lowest BCUT2D eigenvalue weighted by Gasteiger charge is -2.36. The Hall–Kier alpha value is -4.16. The third-order valence-corrected chi connectivity index (χ3v) is 9.96. The molecule has 14 heteroatoms. The fourth-order valence-electron chi connectivity index (χ4n) is 6.49. The lowest BCUT2D eigenvalue weighted by Crippen LogP contribution is -2.50. The standard InChI is InChI=1S/C35H43Cl2N7O5/c1-22(2)13-17-44-23-11-12-29-25(18-23)32(39-41(29)4)35(49)40(3)20-30(45)38-14-7-16-43(21-31(44)46)34(48)24-8-6-15-42(33(24)47)19-26-27(36)9-5-10-28(26)37/h5-6,8-10,15,22-23H,7,11-14,16-21H2,1-4H3,(H,38,45). The molecule has 0 saturated heterocycles. The topological polar surface area (TPSA) is 130 Å². The number of amides is 4. The van der Waals surface area contributed by atoms with E-state index in [0.29, 0.717) is 53.8 Å². The van der Waals surface area contributed by atoms with Gasteiger partial charge in [0.2, 0.25) is 11.8 Å². The van der Waals surface area contributed by atoms with Crippen LogP contribution in [0, 0.1) is 5.92 Å². The maximum Gasteiger partial charge on any atom is 0.274 e. The first-order chi connectivity index (χ1) is 23.3. The van der Waals surface area contributed by atoms with Crippen LogP contribution in [0.2, 0.25) is 10.0 Å². The summed E-state index contributed by atoms with van der Waals surface area (Å²) >= 11 is 12.7. The number of rotatable bonds is 6. The van der Waals surface area contributed by atoms with Crippen LogP contribution in [-0.4, -0.2) is 98.5 Å². The molecule has 0 fully saturated rings. The molecule has 262 valence electrons. The highest BCUT2D eigenvalue weighted by molar-refractivity contribution is 6.36. The summed E-state index contributed by atoms with van der Waals surface area (Å²) in [5, 5.41) is 8.14. The van der Waals surface area contributed by atoms with Gasteiger partial charge in [0, 0.05) is 72.8 Å². The van der Waals surface area contributed by atoms with Gasteiger partial charge in [-0.3, -0.25) is 28.7 Å². The number of fused-ring (bicyclic) bond motifs is 1. The van der Waals surface area contributed by atoms with Gasteiger partial charge in [0.15, 0.2) is 5.69 Å². The molecule has 1 unspecified atom stereocenters. The number of nitrogens with zero attached hydrogens (tertiary/aromatic N) is 6. The SMILES string of the molecule is CC(C)CCN1C(=O)CN(C(=O)c2cccn(Cc3c(Cl)cccc3Cl)c2=O)CCCNC(=O)CN(C)C(=O)c2nn(C)c3c2CC1CC3. The molecule has 1 aliphatic heterocycles. The smallest absolute Gasteiger partial charge is 0.274 e. The Kier molecular flexibility index (Phi) is 11.5. The molecule has 2 aromatic heterocycles. The lowest BCUT2D eigenvalue weighted by molar-refractivity contribution is -0.134. The Bertz CT molecular complexity index is 1780. The van der Waals surface area contributed by atoms with E-state index in [1.54, 1.807) is 49.2 Å². The molecule has 3 heterocycles. The van der Waals surface area contributed by atoms with Crippen molar-refractivity contribution in [3.05, 3.63) is 85.0 Å². The summed E-state index contributed by atoms with van der Waals surface area (Å²) in [4.78, 5) is 72.9. The third-order valence-electron chi connectivity index (χ3n) is 9.25. The van der Waals surface area contributed by atoms with E-state index in [2.05, 4.69) is 24.3 Å². The second kappa shape index (κ2) is 15.6. The first-order valence-corrected chi connectivity index (χ1v) is 17.4. The van der Waals surface area contributed by atoms with Crippen molar-refractivity contribution < 1.29 is 19.2 Å². The molecule has 0 saturated carbocycles. The zero-order valence-corrected chi connectivity index (χ0v) is 29.9. The number of hydrogen-bond acceptors (Lipinski definition) is 6. The Morgan fingerprint density at radius 3 is 2.49 bits per heavy atom.